The van der Waals surface area contributed by atoms with Crippen LogP contribution in [0.25, 0.3) is 0 Å². The van der Waals surface area contributed by atoms with E-state index in [1.54, 1.807) is 54.6 Å². The van der Waals surface area contributed by atoms with Crippen LogP contribution in [0.15, 0.2) is 70.2 Å². The number of hydrogen-bond acceptors (Lipinski definition) is 7. The van der Waals surface area contributed by atoms with Gasteiger partial charge in [-0.2, -0.15) is 5.10 Å². The molecule has 0 fully saturated rings. The zero-order chi connectivity index (χ0) is 24.5. The van der Waals surface area contributed by atoms with E-state index in [-0.39, 0.29) is 11.3 Å². The molecule has 9 heteroatoms. The molecule has 0 unspecified atom stereocenters. The van der Waals surface area contributed by atoms with E-state index in [2.05, 4.69) is 26.5 Å². The van der Waals surface area contributed by atoms with Gasteiger partial charge in [-0.1, -0.05) is 15.9 Å². The molecule has 34 heavy (non-hydrogen) atoms. The molecule has 3 aromatic carbocycles. The van der Waals surface area contributed by atoms with Gasteiger partial charge in [-0.25, -0.2) is 10.2 Å². The van der Waals surface area contributed by atoms with Gasteiger partial charge in [0.15, 0.2) is 11.5 Å². The summed E-state index contributed by atoms with van der Waals surface area (Å²) in [5.74, 6) is 0.875. The van der Waals surface area contributed by atoms with Gasteiger partial charge in [0.25, 0.3) is 5.91 Å². The van der Waals surface area contributed by atoms with Crippen LogP contribution in [0.2, 0.25) is 0 Å². The van der Waals surface area contributed by atoms with Gasteiger partial charge in [-0.15, -0.1) is 0 Å². The monoisotopic (exact) mass is 526 g/mol. The minimum atomic E-state index is -0.587. The van der Waals surface area contributed by atoms with E-state index in [4.69, 9.17) is 18.9 Å². The molecular formula is C25H23BrN2O6. The summed E-state index contributed by atoms with van der Waals surface area (Å²) in [5, 5.41) is 4.00. The fourth-order valence-corrected chi connectivity index (χ4v) is 3.31. The number of nitrogens with one attached hydrogen (secondary N) is 1. The largest absolute Gasteiger partial charge is 0.494 e. The molecule has 0 heterocycles. The maximum absolute atomic E-state index is 12.7. The Labute approximate surface area is 205 Å². The Balaban J connectivity index is 1.72. The molecule has 1 amide bonds. The predicted molar refractivity (Wildman–Crippen MR) is 131 cm³/mol. The highest BCUT2D eigenvalue weighted by Gasteiger charge is 2.15. The first-order valence-corrected chi connectivity index (χ1v) is 11.0. The summed E-state index contributed by atoms with van der Waals surface area (Å²) < 4.78 is 22.1. The van der Waals surface area contributed by atoms with Gasteiger partial charge in [0.05, 0.1) is 32.6 Å². The Bertz CT molecular complexity index is 1190. The van der Waals surface area contributed by atoms with E-state index >= 15 is 0 Å². The van der Waals surface area contributed by atoms with Crippen molar-refractivity contribution in [1.82, 2.24) is 5.43 Å². The molecule has 0 bridgehead atoms. The Morgan fingerprint density at radius 2 is 1.59 bits per heavy atom. The summed E-state index contributed by atoms with van der Waals surface area (Å²) in [4.78, 5) is 25.1. The van der Waals surface area contributed by atoms with Crippen LogP contribution in [-0.4, -0.2) is 38.9 Å². The summed E-state index contributed by atoms with van der Waals surface area (Å²) in [5.41, 5.74) is 3.65. The molecule has 0 radical (unpaired) electrons. The van der Waals surface area contributed by atoms with E-state index in [9.17, 15) is 9.59 Å². The third-order valence-electron chi connectivity index (χ3n) is 4.59. The third kappa shape index (κ3) is 6.35. The molecule has 0 spiro atoms. The lowest BCUT2D eigenvalue weighted by atomic mass is 10.2. The van der Waals surface area contributed by atoms with Crippen molar-refractivity contribution in [3.8, 4) is 23.0 Å². The van der Waals surface area contributed by atoms with Crippen LogP contribution in [-0.2, 0) is 0 Å². The number of carbonyl (C=O) groups excluding carboxylic acids is 2. The van der Waals surface area contributed by atoms with E-state index in [0.717, 1.165) is 4.47 Å². The Kier molecular flexibility index (Phi) is 8.64. The predicted octanol–water partition coefficient (Wildman–Crippen LogP) is 4.85. The number of halogens is 1. The number of amides is 1. The summed E-state index contributed by atoms with van der Waals surface area (Å²) in [7, 11) is 3.00. The number of rotatable bonds is 9. The third-order valence-corrected chi connectivity index (χ3v) is 5.08. The molecule has 0 aliphatic heterocycles. The Morgan fingerprint density at radius 1 is 0.912 bits per heavy atom. The van der Waals surface area contributed by atoms with Crippen LogP contribution in [0.3, 0.4) is 0 Å². The van der Waals surface area contributed by atoms with Gasteiger partial charge in [0.1, 0.15) is 11.5 Å². The van der Waals surface area contributed by atoms with Crippen molar-refractivity contribution in [2.24, 2.45) is 5.10 Å². The molecule has 8 nitrogen and oxygen atoms in total. The maximum atomic E-state index is 12.7. The smallest absolute Gasteiger partial charge is 0.343 e. The second-order valence-corrected chi connectivity index (χ2v) is 7.71. The molecule has 0 saturated carbocycles. The second-order valence-electron chi connectivity index (χ2n) is 6.80. The fourth-order valence-electron chi connectivity index (χ4n) is 2.93. The van der Waals surface area contributed by atoms with Crippen LogP contribution in [0.5, 0.6) is 23.0 Å². The quantitative estimate of drug-likeness (QED) is 0.185. The average Bonchev–Trinajstić information content (AvgIpc) is 2.85. The highest BCUT2D eigenvalue weighted by Crippen LogP contribution is 2.29. The van der Waals surface area contributed by atoms with Crippen LogP contribution >= 0.6 is 15.9 Å². The molecular weight excluding hydrogens is 504 g/mol. The molecule has 0 aliphatic rings. The van der Waals surface area contributed by atoms with Crippen molar-refractivity contribution in [2.45, 2.75) is 6.92 Å². The highest BCUT2D eigenvalue weighted by molar-refractivity contribution is 9.10. The van der Waals surface area contributed by atoms with Crippen LogP contribution < -0.4 is 24.4 Å². The number of nitrogens with zero attached hydrogens (tertiary/aromatic N) is 1. The fraction of sp³-hybridized carbons (Fsp3) is 0.160. The summed E-state index contributed by atoms with van der Waals surface area (Å²) in [6, 6.07) is 16.5. The number of ether oxygens (including phenoxy) is 4. The molecule has 176 valence electrons. The zero-order valence-corrected chi connectivity index (χ0v) is 20.4. The summed E-state index contributed by atoms with van der Waals surface area (Å²) in [6.45, 7) is 2.43. The summed E-state index contributed by atoms with van der Waals surface area (Å²) >= 11 is 3.39. The van der Waals surface area contributed by atoms with Gasteiger partial charge in [0.2, 0.25) is 0 Å². The van der Waals surface area contributed by atoms with Crippen LogP contribution in [0, 0.1) is 0 Å². The minimum Gasteiger partial charge on any atom is -0.494 e. The molecule has 0 aliphatic carbocycles. The average molecular weight is 527 g/mol. The number of benzene rings is 3. The first kappa shape index (κ1) is 24.8. The molecule has 0 aromatic heterocycles. The van der Waals surface area contributed by atoms with Gasteiger partial charge in [-0.3, -0.25) is 4.79 Å². The lowest BCUT2D eigenvalue weighted by molar-refractivity contribution is 0.0733. The van der Waals surface area contributed by atoms with E-state index in [1.807, 2.05) is 6.92 Å². The van der Waals surface area contributed by atoms with E-state index in [0.29, 0.717) is 35.0 Å². The maximum Gasteiger partial charge on any atom is 0.343 e. The number of hydrogen-bond donors (Lipinski definition) is 1. The first-order valence-electron chi connectivity index (χ1n) is 10.2. The SMILES string of the molecule is CCOc1ccc(C(=O)N/N=C\c2cc(Br)ccc2OC(=O)c2ccc(OC)c(OC)c2)cc1. The molecule has 0 atom stereocenters. The molecule has 0 saturated heterocycles. The van der Waals surface area contributed by atoms with E-state index < -0.39 is 11.9 Å². The van der Waals surface area contributed by atoms with E-state index in [1.165, 1.54) is 26.5 Å². The first-order chi connectivity index (χ1) is 16.4. The van der Waals surface area contributed by atoms with Crippen molar-refractivity contribution in [1.29, 1.82) is 0 Å². The molecule has 3 rings (SSSR count). The Hall–Kier alpha value is -3.85. The number of hydrazone groups is 1. The number of esters is 1. The zero-order valence-electron chi connectivity index (χ0n) is 18.8. The normalized spacial score (nSPS) is 10.6. The highest BCUT2D eigenvalue weighted by atomic mass is 79.9. The lowest BCUT2D eigenvalue weighted by Crippen LogP contribution is -2.17. The molecule has 3 aromatic rings. The van der Waals surface area contributed by atoms with Crippen LogP contribution in [0.4, 0.5) is 0 Å². The van der Waals surface area contributed by atoms with Gasteiger partial charge in [0, 0.05) is 15.6 Å². The Morgan fingerprint density at radius 3 is 2.26 bits per heavy atom. The minimum absolute atomic E-state index is 0.266. The van der Waals surface area contributed by atoms with Crippen molar-refractivity contribution in [2.75, 3.05) is 20.8 Å². The van der Waals surface area contributed by atoms with Crippen molar-refractivity contribution in [3.05, 3.63) is 81.8 Å². The van der Waals surface area contributed by atoms with Crippen molar-refractivity contribution >= 4 is 34.0 Å². The number of methoxy groups -OCH3 is 2. The topological polar surface area (TPSA) is 95.5 Å². The van der Waals surface area contributed by atoms with Crippen molar-refractivity contribution < 1.29 is 28.5 Å². The van der Waals surface area contributed by atoms with Gasteiger partial charge in [-0.05, 0) is 67.6 Å². The van der Waals surface area contributed by atoms with Gasteiger partial charge >= 0.3 is 5.97 Å². The van der Waals surface area contributed by atoms with Crippen LogP contribution in [0.1, 0.15) is 33.2 Å². The standard InChI is InChI=1S/C25H23BrN2O6/c1-4-33-20-9-5-16(6-10-20)24(29)28-27-15-18-13-19(26)8-12-21(18)34-25(30)17-7-11-22(31-2)23(14-17)32-3/h5-15H,4H2,1-3H3,(H,28,29)/b27-15-. The van der Waals surface area contributed by atoms with Gasteiger partial charge < -0.3 is 18.9 Å². The number of carbonyl (C=O) groups is 2. The second kappa shape index (κ2) is 11.9. The summed E-state index contributed by atoms with van der Waals surface area (Å²) in [6.07, 6.45) is 1.40. The molecule has 1 N–H and O–H groups in total. The van der Waals surface area contributed by atoms with Crippen molar-refractivity contribution in [3.63, 3.8) is 0 Å². The lowest BCUT2D eigenvalue weighted by Gasteiger charge is -2.11.